The highest BCUT2D eigenvalue weighted by Crippen LogP contribution is 2.32. The molecule has 0 radical (unpaired) electrons. The third kappa shape index (κ3) is 2.12. The van der Waals surface area contributed by atoms with Gasteiger partial charge in [0.1, 0.15) is 0 Å². The summed E-state index contributed by atoms with van der Waals surface area (Å²) in [7, 11) is 0. The largest absolute Gasteiger partial charge is 0.398 e. The van der Waals surface area contributed by atoms with Gasteiger partial charge in [0, 0.05) is 5.69 Å². The van der Waals surface area contributed by atoms with Gasteiger partial charge in [-0.2, -0.15) is 0 Å². The smallest absolute Gasteiger partial charge is 0.253 e. The van der Waals surface area contributed by atoms with Gasteiger partial charge in [0.2, 0.25) is 0 Å². The van der Waals surface area contributed by atoms with Gasteiger partial charge in [-0.3, -0.25) is 4.79 Å². The van der Waals surface area contributed by atoms with Gasteiger partial charge in [0.25, 0.3) is 5.91 Å². The highest BCUT2D eigenvalue weighted by atomic mass is 16.3. The van der Waals surface area contributed by atoms with Crippen LogP contribution in [0.1, 0.15) is 29.6 Å². The number of anilines is 1. The number of nitrogens with two attached hydrogens (primary N) is 1. The van der Waals surface area contributed by atoms with Crippen molar-refractivity contribution in [1.82, 2.24) is 5.32 Å². The van der Waals surface area contributed by atoms with Crippen molar-refractivity contribution in [1.29, 1.82) is 0 Å². The topological polar surface area (TPSA) is 75.4 Å². The zero-order valence-electron chi connectivity index (χ0n) is 11.2. The van der Waals surface area contributed by atoms with Crippen LogP contribution in [0.25, 0.3) is 10.8 Å². The molecule has 1 fully saturated rings. The summed E-state index contributed by atoms with van der Waals surface area (Å²) in [4.78, 5) is 12.4. The maximum absolute atomic E-state index is 12.4. The fourth-order valence-corrected chi connectivity index (χ4v) is 2.69. The molecule has 0 heterocycles. The number of amides is 1. The first-order valence-electron chi connectivity index (χ1n) is 6.85. The fraction of sp³-hybridized carbons (Fsp3) is 0.312. The van der Waals surface area contributed by atoms with Gasteiger partial charge in [-0.05, 0) is 42.2 Å². The van der Waals surface area contributed by atoms with E-state index >= 15 is 0 Å². The zero-order chi connectivity index (χ0) is 14.2. The van der Waals surface area contributed by atoms with Crippen molar-refractivity contribution in [2.45, 2.75) is 24.8 Å². The average Bonchev–Trinajstić information content (AvgIpc) is 2.42. The van der Waals surface area contributed by atoms with E-state index in [1.54, 1.807) is 0 Å². The Kier molecular flexibility index (Phi) is 3.10. The van der Waals surface area contributed by atoms with Crippen LogP contribution >= 0.6 is 0 Å². The highest BCUT2D eigenvalue weighted by molar-refractivity contribution is 6.04. The molecule has 0 spiro atoms. The predicted molar refractivity (Wildman–Crippen MR) is 79.5 cm³/mol. The van der Waals surface area contributed by atoms with Crippen molar-refractivity contribution in [2.75, 3.05) is 12.3 Å². The number of hydrogen-bond donors (Lipinski definition) is 3. The van der Waals surface area contributed by atoms with Crippen LogP contribution < -0.4 is 11.1 Å². The number of fused-ring (bicyclic) bond motifs is 1. The SMILES string of the molecule is Nc1cc2ccccc2cc1C(=O)NC1(CO)CCC1. The Labute approximate surface area is 117 Å². The molecule has 0 saturated heterocycles. The minimum Gasteiger partial charge on any atom is -0.398 e. The van der Waals surface area contributed by atoms with Crippen LogP contribution in [0.5, 0.6) is 0 Å². The summed E-state index contributed by atoms with van der Waals surface area (Å²) in [5, 5.41) is 14.4. The highest BCUT2D eigenvalue weighted by Gasteiger charge is 2.38. The van der Waals surface area contributed by atoms with E-state index in [-0.39, 0.29) is 12.5 Å². The van der Waals surface area contributed by atoms with E-state index in [9.17, 15) is 9.90 Å². The first-order valence-corrected chi connectivity index (χ1v) is 6.85. The summed E-state index contributed by atoms with van der Waals surface area (Å²) in [5.41, 5.74) is 6.48. The van der Waals surface area contributed by atoms with Crippen LogP contribution in [0, 0.1) is 0 Å². The Morgan fingerprint density at radius 1 is 1.25 bits per heavy atom. The summed E-state index contributed by atoms with van der Waals surface area (Å²) in [6, 6.07) is 11.4. The van der Waals surface area contributed by atoms with E-state index in [1.165, 1.54) is 0 Å². The second kappa shape index (κ2) is 4.80. The van der Waals surface area contributed by atoms with Gasteiger partial charge in [0.15, 0.2) is 0 Å². The Morgan fingerprint density at radius 3 is 2.45 bits per heavy atom. The number of aliphatic hydroxyl groups is 1. The van der Waals surface area contributed by atoms with Gasteiger partial charge in [-0.1, -0.05) is 24.3 Å². The molecule has 0 unspecified atom stereocenters. The van der Waals surface area contributed by atoms with E-state index in [0.717, 1.165) is 30.0 Å². The molecule has 3 rings (SSSR count). The maximum Gasteiger partial charge on any atom is 0.253 e. The van der Waals surface area contributed by atoms with Crippen LogP contribution in [-0.2, 0) is 0 Å². The molecule has 1 saturated carbocycles. The molecule has 20 heavy (non-hydrogen) atoms. The summed E-state index contributed by atoms with van der Waals surface area (Å²) in [5.74, 6) is -0.206. The van der Waals surface area contributed by atoms with Crippen LogP contribution in [-0.4, -0.2) is 23.2 Å². The van der Waals surface area contributed by atoms with Crippen LogP contribution in [0.4, 0.5) is 5.69 Å². The molecule has 2 aromatic carbocycles. The molecule has 4 heteroatoms. The zero-order valence-corrected chi connectivity index (χ0v) is 11.2. The molecule has 0 bridgehead atoms. The number of aliphatic hydroxyl groups excluding tert-OH is 1. The van der Waals surface area contributed by atoms with Gasteiger partial charge < -0.3 is 16.2 Å². The molecule has 1 aliphatic carbocycles. The first kappa shape index (κ1) is 12.9. The standard InChI is InChI=1S/C16H18N2O2/c17-14-9-12-5-2-1-4-11(12)8-13(14)15(20)18-16(10-19)6-3-7-16/h1-2,4-5,8-9,19H,3,6-7,10,17H2,(H,18,20). The minimum absolute atomic E-state index is 0.0216. The molecule has 1 aliphatic rings. The van der Waals surface area contributed by atoms with Crippen LogP contribution in [0.3, 0.4) is 0 Å². The van der Waals surface area contributed by atoms with Gasteiger partial charge in [0.05, 0.1) is 17.7 Å². The lowest BCUT2D eigenvalue weighted by molar-refractivity contribution is 0.0642. The molecule has 1 amide bonds. The fourth-order valence-electron chi connectivity index (χ4n) is 2.69. The lowest BCUT2D eigenvalue weighted by Gasteiger charge is -2.41. The predicted octanol–water partition coefficient (Wildman–Crippen LogP) is 2.07. The summed E-state index contributed by atoms with van der Waals surface area (Å²) in [6.45, 7) is -0.0216. The lowest BCUT2D eigenvalue weighted by atomic mass is 9.77. The van der Waals surface area contributed by atoms with Crippen molar-refractivity contribution < 1.29 is 9.90 Å². The van der Waals surface area contributed by atoms with E-state index in [2.05, 4.69) is 5.32 Å². The number of nitrogens with one attached hydrogen (secondary N) is 1. The average molecular weight is 270 g/mol. The van der Waals surface area contributed by atoms with E-state index in [4.69, 9.17) is 5.73 Å². The quantitative estimate of drug-likeness (QED) is 0.747. The Hall–Kier alpha value is -2.07. The number of carbonyl (C=O) groups excluding carboxylic acids is 1. The Morgan fingerprint density at radius 2 is 1.90 bits per heavy atom. The number of nitrogen functional groups attached to an aromatic ring is 1. The van der Waals surface area contributed by atoms with Gasteiger partial charge in [-0.15, -0.1) is 0 Å². The van der Waals surface area contributed by atoms with E-state index in [0.29, 0.717) is 11.3 Å². The van der Waals surface area contributed by atoms with Crippen molar-refractivity contribution in [3.05, 3.63) is 42.0 Å². The maximum atomic E-state index is 12.4. The van der Waals surface area contributed by atoms with Crippen molar-refractivity contribution in [3.8, 4) is 0 Å². The Bertz CT molecular complexity index is 657. The van der Waals surface area contributed by atoms with Crippen LogP contribution in [0.2, 0.25) is 0 Å². The number of hydrogen-bond acceptors (Lipinski definition) is 3. The second-order valence-corrected chi connectivity index (χ2v) is 5.53. The summed E-state index contributed by atoms with van der Waals surface area (Å²) >= 11 is 0. The monoisotopic (exact) mass is 270 g/mol. The molecule has 0 aliphatic heterocycles. The molecule has 0 atom stereocenters. The third-order valence-electron chi connectivity index (χ3n) is 4.15. The van der Waals surface area contributed by atoms with Crippen molar-refractivity contribution in [2.24, 2.45) is 0 Å². The summed E-state index contributed by atoms with van der Waals surface area (Å²) in [6.07, 6.45) is 2.68. The van der Waals surface area contributed by atoms with E-state index in [1.807, 2.05) is 36.4 Å². The number of carbonyl (C=O) groups is 1. The number of rotatable bonds is 3. The molecule has 104 valence electrons. The third-order valence-corrected chi connectivity index (χ3v) is 4.15. The lowest BCUT2D eigenvalue weighted by Crippen LogP contribution is -2.56. The molecule has 0 aromatic heterocycles. The molecule has 4 nitrogen and oxygen atoms in total. The second-order valence-electron chi connectivity index (χ2n) is 5.53. The van der Waals surface area contributed by atoms with Crippen molar-refractivity contribution >= 4 is 22.4 Å². The number of benzene rings is 2. The molecule has 2 aromatic rings. The van der Waals surface area contributed by atoms with Gasteiger partial charge >= 0.3 is 0 Å². The van der Waals surface area contributed by atoms with E-state index < -0.39 is 5.54 Å². The normalized spacial score (nSPS) is 16.6. The van der Waals surface area contributed by atoms with Crippen molar-refractivity contribution in [3.63, 3.8) is 0 Å². The van der Waals surface area contributed by atoms with Gasteiger partial charge in [-0.25, -0.2) is 0 Å². The summed E-state index contributed by atoms with van der Waals surface area (Å²) < 4.78 is 0. The minimum atomic E-state index is -0.449. The molecule has 4 N–H and O–H groups in total. The Balaban J connectivity index is 1.93. The first-order chi connectivity index (χ1) is 9.63. The van der Waals surface area contributed by atoms with Crippen LogP contribution in [0.15, 0.2) is 36.4 Å². The molecular formula is C16H18N2O2. The molecular weight excluding hydrogens is 252 g/mol.